The summed E-state index contributed by atoms with van der Waals surface area (Å²) in [5.74, 6) is 0. The second-order valence-corrected chi connectivity index (χ2v) is 3.27. The number of nitrogens with zero attached hydrogens (tertiary/aromatic N) is 1. The van der Waals surface area contributed by atoms with Gasteiger partial charge in [-0.25, -0.2) is 4.79 Å². The lowest BCUT2D eigenvalue weighted by Crippen LogP contribution is -2.43. The van der Waals surface area contributed by atoms with Crippen molar-refractivity contribution in [3.8, 4) is 0 Å². The highest BCUT2D eigenvalue weighted by atomic mass is 27.0. The van der Waals surface area contributed by atoms with Crippen molar-refractivity contribution < 1.29 is 14.6 Å². The van der Waals surface area contributed by atoms with E-state index in [9.17, 15) is 4.79 Å². The lowest BCUT2D eigenvalue weighted by Gasteiger charge is -2.31. The molecule has 0 aromatic carbocycles. The van der Waals surface area contributed by atoms with E-state index in [4.69, 9.17) is 9.84 Å². The molecule has 0 aromatic rings. The number of hydrogen-bond acceptors (Lipinski definition) is 2. The summed E-state index contributed by atoms with van der Waals surface area (Å²) in [4.78, 5) is 12.2. The molecule has 0 saturated carbocycles. The summed E-state index contributed by atoms with van der Waals surface area (Å²) in [6.07, 6.45) is 0.867. The zero-order valence-corrected chi connectivity index (χ0v) is 8.45. The SMILES string of the molecule is O=C(O)N([CH2][AlH])C1CCOCC1. The molecule has 0 aliphatic carbocycles. The normalized spacial score (nSPS) is 19.0. The average molecular weight is 186 g/mol. The molecule has 1 rings (SSSR count). The Balaban J connectivity index is 2.46. The first-order valence-corrected chi connectivity index (χ1v) is 5.12. The maximum absolute atomic E-state index is 10.7. The second kappa shape index (κ2) is 4.71. The van der Waals surface area contributed by atoms with Gasteiger partial charge in [-0.2, -0.15) is 0 Å². The summed E-state index contributed by atoms with van der Waals surface area (Å²) >= 11 is 1.67. The molecule has 1 aliphatic rings. The largest absolute Gasteiger partial charge is 0.465 e. The Morgan fingerprint density at radius 1 is 1.58 bits per heavy atom. The summed E-state index contributed by atoms with van der Waals surface area (Å²) in [6, 6.07) is 0.175. The summed E-state index contributed by atoms with van der Waals surface area (Å²) < 4.78 is 5.16. The van der Waals surface area contributed by atoms with Crippen molar-refractivity contribution in [1.29, 1.82) is 0 Å². The second-order valence-electron chi connectivity index (χ2n) is 2.82. The topological polar surface area (TPSA) is 49.8 Å². The van der Waals surface area contributed by atoms with E-state index in [-0.39, 0.29) is 6.04 Å². The number of hydrogen-bond donors (Lipinski definition) is 1. The van der Waals surface area contributed by atoms with Crippen LogP contribution in [-0.2, 0) is 4.74 Å². The van der Waals surface area contributed by atoms with Crippen molar-refractivity contribution in [3.63, 3.8) is 0 Å². The summed E-state index contributed by atoms with van der Waals surface area (Å²) in [5.41, 5.74) is 0. The van der Waals surface area contributed by atoms with Gasteiger partial charge in [-0.1, -0.05) is 0 Å². The number of ether oxygens (including phenoxy) is 1. The van der Waals surface area contributed by atoms with Crippen LogP contribution < -0.4 is 0 Å². The molecule has 5 heteroatoms. The van der Waals surface area contributed by atoms with Gasteiger partial charge in [0.25, 0.3) is 0 Å². The Morgan fingerprint density at radius 2 is 2.17 bits per heavy atom. The Bertz CT molecular complexity index is 159. The van der Waals surface area contributed by atoms with Crippen LogP contribution >= 0.6 is 0 Å². The fourth-order valence-electron chi connectivity index (χ4n) is 1.43. The molecule has 1 fully saturated rings. The Morgan fingerprint density at radius 3 is 2.58 bits per heavy atom. The number of carbonyl (C=O) groups is 1. The molecule has 1 radical (unpaired) electrons. The molecule has 0 aromatic heterocycles. The molecule has 1 amide bonds. The lowest BCUT2D eigenvalue weighted by atomic mass is 10.1. The molecule has 1 N–H and O–H groups in total. The van der Waals surface area contributed by atoms with Crippen LogP contribution in [0.25, 0.3) is 0 Å². The highest BCUT2D eigenvalue weighted by Crippen LogP contribution is 2.13. The lowest BCUT2D eigenvalue weighted by molar-refractivity contribution is 0.0414. The first kappa shape index (κ1) is 9.85. The first-order valence-electron chi connectivity index (χ1n) is 4.12. The van der Waals surface area contributed by atoms with Crippen LogP contribution in [0, 0.1) is 0 Å². The van der Waals surface area contributed by atoms with E-state index in [0.717, 1.165) is 12.8 Å². The van der Waals surface area contributed by atoms with Gasteiger partial charge in [-0.3, -0.25) is 0 Å². The number of amides is 1. The van der Waals surface area contributed by atoms with Crippen LogP contribution in [0.5, 0.6) is 0 Å². The monoisotopic (exact) mass is 186 g/mol. The molecule has 1 saturated heterocycles. The molecular formula is C7H13AlNO3. The maximum Gasteiger partial charge on any atom is 0.406 e. The maximum atomic E-state index is 10.7. The summed E-state index contributed by atoms with van der Waals surface area (Å²) in [5, 5.41) is 9.41. The third kappa shape index (κ3) is 2.38. The number of rotatable bonds is 2. The third-order valence-corrected chi connectivity index (χ3v) is 2.60. The van der Waals surface area contributed by atoms with Gasteiger partial charge in [0, 0.05) is 19.3 Å². The van der Waals surface area contributed by atoms with E-state index in [1.54, 1.807) is 16.3 Å². The van der Waals surface area contributed by atoms with Crippen LogP contribution in [0.15, 0.2) is 0 Å². The summed E-state index contributed by atoms with van der Waals surface area (Å²) in [6.45, 7) is 1.38. The van der Waals surface area contributed by atoms with E-state index >= 15 is 0 Å². The van der Waals surface area contributed by atoms with Crippen LogP contribution in [0.4, 0.5) is 4.79 Å². The van der Waals surface area contributed by atoms with Crippen molar-refractivity contribution in [1.82, 2.24) is 4.90 Å². The highest BCUT2D eigenvalue weighted by Gasteiger charge is 2.23. The fourth-order valence-corrected chi connectivity index (χ4v) is 1.99. The minimum Gasteiger partial charge on any atom is -0.465 e. The smallest absolute Gasteiger partial charge is 0.406 e. The molecule has 0 bridgehead atoms. The van der Waals surface area contributed by atoms with Crippen molar-refractivity contribution in [2.75, 3.05) is 18.6 Å². The Kier molecular flexibility index (Phi) is 3.86. The molecule has 0 atom stereocenters. The minimum absolute atomic E-state index is 0.175. The van der Waals surface area contributed by atoms with E-state index < -0.39 is 6.09 Å². The van der Waals surface area contributed by atoms with Gasteiger partial charge in [0.1, 0.15) is 0 Å². The zero-order chi connectivity index (χ0) is 8.97. The van der Waals surface area contributed by atoms with Crippen LogP contribution in [0.1, 0.15) is 12.8 Å². The highest BCUT2D eigenvalue weighted by molar-refractivity contribution is 6.09. The standard InChI is InChI=1S/C7H12NO3.Al.H/c1-8(7(9)10)6-2-4-11-5-3-6;;/h6H,1-5H2,(H,9,10);;. The number of carboxylic acid groups (broad SMARTS) is 1. The van der Waals surface area contributed by atoms with Gasteiger partial charge < -0.3 is 14.7 Å². The predicted octanol–water partition coefficient (Wildman–Crippen LogP) is 0.00370. The molecule has 4 nitrogen and oxygen atoms in total. The minimum atomic E-state index is -0.808. The van der Waals surface area contributed by atoms with Gasteiger partial charge in [0.2, 0.25) is 16.3 Å². The molecule has 0 spiro atoms. The van der Waals surface area contributed by atoms with Gasteiger partial charge in [-0.15, -0.1) is 0 Å². The average Bonchev–Trinajstić information content (AvgIpc) is 2.07. The fraction of sp³-hybridized carbons (Fsp3) is 0.857. The molecular weight excluding hydrogens is 173 g/mol. The zero-order valence-electron chi connectivity index (χ0n) is 7.03. The van der Waals surface area contributed by atoms with E-state index in [0.29, 0.717) is 18.6 Å². The van der Waals surface area contributed by atoms with E-state index in [2.05, 4.69) is 0 Å². The van der Waals surface area contributed by atoms with Crippen molar-refractivity contribution in [2.24, 2.45) is 0 Å². The van der Waals surface area contributed by atoms with Gasteiger partial charge in [0.15, 0.2) is 0 Å². The van der Waals surface area contributed by atoms with Crippen LogP contribution in [0.2, 0.25) is 0 Å². The molecule has 1 heterocycles. The Labute approximate surface area is 79.9 Å². The molecule has 67 valence electrons. The van der Waals surface area contributed by atoms with Gasteiger partial charge in [-0.05, 0) is 18.2 Å². The van der Waals surface area contributed by atoms with E-state index in [1.165, 1.54) is 4.90 Å². The Hall–Kier alpha value is -0.238. The quantitative estimate of drug-likeness (QED) is 0.618. The van der Waals surface area contributed by atoms with Crippen molar-refractivity contribution in [2.45, 2.75) is 18.9 Å². The third-order valence-electron chi connectivity index (χ3n) is 2.12. The molecule has 0 unspecified atom stereocenters. The van der Waals surface area contributed by atoms with Gasteiger partial charge >= 0.3 is 6.09 Å². The van der Waals surface area contributed by atoms with Crippen molar-refractivity contribution in [3.05, 3.63) is 0 Å². The van der Waals surface area contributed by atoms with Crippen LogP contribution in [0.3, 0.4) is 0 Å². The summed E-state index contributed by atoms with van der Waals surface area (Å²) in [7, 11) is 0. The van der Waals surface area contributed by atoms with Crippen LogP contribution in [-0.4, -0.2) is 57.1 Å². The van der Waals surface area contributed by atoms with E-state index in [1.807, 2.05) is 0 Å². The first-order chi connectivity index (χ1) is 5.75. The van der Waals surface area contributed by atoms with Gasteiger partial charge in [0.05, 0.1) is 0 Å². The molecule has 1 aliphatic heterocycles. The predicted molar refractivity (Wildman–Crippen MR) is 45.7 cm³/mol. The molecule has 12 heavy (non-hydrogen) atoms. The van der Waals surface area contributed by atoms with Crippen molar-refractivity contribution >= 4 is 22.4 Å².